The van der Waals surface area contributed by atoms with Crippen molar-refractivity contribution in [1.82, 2.24) is 0 Å². The van der Waals surface area contributed by atoms with E-state index < -0.39 is 6.10 Å². The molecular weight excluding hydrogens is 248 g/mol. The average molecular weight is 268 g/mol. The number of methoxy groups -OCH3 is 1. The quantitative estimate of drug-likeness (QED) is 0.725. The van der Waals surface area contributed by atoms with Gasteiger partial charge in [0, 0.05) is 31.8 Å². The molecule has 0 radical (unpaired) electrons. The molecule has 19 heavy (non-hydrogen) atoms. The highest BCUT2D eigenvalue weighted by molar-refractivity contribution is 5.44. The van der Waals surface area contributed by atoms with E-state index in [1.165, 1.54) is 0 Å². The number of aliphatic hydroxyl groups is 1. The van der Waals surface area contributed by atoms with Gasteiger partial charge in [0.05, 0.1) is 19.8 Å². The molecule has 0 bridgehead atoms. The molecule has 1 aliphatic rings. The molecule has 1 N–H and O–H groups in total. The van der Waals surface area contributed by atoms with Crippen molar-refractivity contribution in [2.24, 2.45) is 0 Å². The van der Waals surface area contributed by atoms with Gasteiger partial charge in [0.25, 0.3) is 0 Å². The van der Waals surface area contributed by atoms with E-state index in [0.717, 1.165) is 17.7 Å². The Balaban J connectivity index is 1.67. The predicted octanol–water partition coefficient (Wildman–Crippen LogP) is 1.54. The van der Waals surface area contributed by atoms with Crippen LogP contribution in [0, 0.1) is 0 Å². The van der Waals surface area contributed by atoms with Crippen molar-refractivity contribution in [2.45, 2.75) is 12.5 Å². The fraction of sp³-hybridized carbons (Fsp3) is 0.571. The Hall–Kier alpha value is -1.30. The van der Waals surface area contributed by atoms with Gasteiger partial charge in [-0.3, -0.25) is 0 Å². The summed E-state index contributed by atoms with van der Waals surface area (Å²) in [5, 5.41) is 9.60. The predicted molar refractivity (Wildman–Crippen MR) is 69.7 cm³/mol. The molecule has 5 heteroatoms. The summed E-state index contributed by atoms with van der Waals surface area (Å²) in [5.74, 6) is 1.46. The second kappa shape index (κ2) is 7.33. The summed E-state index contributed by atoms with van der Waals surface area (Å²) in [4.78, 5) is 0. The lowest BCUT2D eigenvalue weighted by atomic mass is 10.1. The van der Waals surface area contributed by atoms with Crippen molar-refractivity contribution in [3.8, 4) is 11.5 Å². The van der Waals surface area contributed by atoms with Crippen LogP contribution >= 0.6 is 0 Å². The van der Waals surface area contributed by atoms with E-state index in [1.807, 2.05) is 18.2 Å². The van der Waals surface area contributed by atoms with Crippen molar-refractivity contribution in [2.75, 3.05) is 40.1 Å². The minimum atomic E-state index is -0.516. The van der Waals surface area contributed by atoms with Crippen LogP contribution in [0.3, 0.4) is 0 Å². The molecule has 0 fully saturated rings. The van der Waals surface area contributed by atoms with Crippen LogP contribution < -0.4 is 9.47 Å². The third-order valence-corrected chi connectivity index (χ3v) is 2.87. The van der Waals surface area contributed by atoms with E-state index in [4.69, 9.17) is 18.9 Å². The molecule has 0 aromatic heterocycles. The van der Waals surface area contributed by atoms with Crippen molar-refractivity contribution in [1.29, 1.82) is 0 Å². The van der Waals surface area contributed by atoms with E-state index in [1.54, 1.807) is 7.11 Å². The highest BCUT2D eigenvalue weighted by atomic mass is 16.5. The van der Waals surface area contributed by atoms with Crippen molar-refractivity contribution in [3.05, 3.63) is 23.8 Å². The molecule has 1 aromatic carbocycles. The third kappa shape index (κ3) is 4.09. The Morgan fingerprint density at radius 1 is 1.26 bits per heavy atom. The van der Waals surface area contributed by atoms with Crippen LogP contribution in [0.25, 0.3) is 0 Å². The first-order valence-electron chi connectivity index (χ1n) is 6.45. The average Bonchev–Trinajstić information content (AvgIpc) is 2.79. The van der Waals surface area contributed by atoms with E-state index in [9.17, 15) is 5.11 Å². The molecule has 1 aliphatic heterocycles. The van der Waals surface area contributed by atoms with E-state index in [2.05, 4.69) is 0 Å². The molecule has 106 valence electrons. The van der Waals surface area contributed by atoms with Crippen LogP contribution in [-0.4, -0.2) is 45.3 Å². The number of aliphatic hydroxyl groups excluding tert-OH is 1. The number of rotatable bonds is 8. The first kappa shape index (κ1) is 14.1. The molecule has 1 atom stereocenters. The second-order valence-corrected chi connectivity index (χ2v) is 4.33. The largest absolute Gasteiger partial charge is 0.493 e. The monoisotopic (exact) mass is 268 g/mol. The number of hydrogen-bond donors (Lipinski definition) is 1. The summed E-state index contributed by atoms with van der Waals surface area (Å²) in [6.45, 7) is 2.80. The summed E-state index contributed by atoms with van der Waals surface area (Å²) in [5.41, 5.74) is 0.829. The highest BCUT2D eigenvalue weighted by Gasteiger charge is 2.21. The van der Waals surface area contributed by atoms with Gasteiger partial charge in [-0.2, -0.15) is 0 Å². The smallest absolute Gasteiger partial charge is 0.129 e. The van der Waals surface area contributed by atoms with Gasteiger partial charge in [-0.25, -0.2) is 0 Å². The maximum Gasteiger partial charge on any atom is 0.129 e. The number of hydrogen-bond acceptors (Lipinski definition) is 5. The Bertz CT molecular complexity index is 393. The first-order valence-corrected chi connectivity index (χ1v) is 6.45. The molecule has 1 unspecified atom stereocenters. The van der Waals surface area contributed by atoms with Crippen LogP contribution in [0.5, 0.6) is 11.5 Å². The standard InChI is InChI=1S/C14H20O5/c1-16-7-8-17-5-2-6-18-11-3-4-12-13(15)10-19-14(12)9-11/h3-4,9,13,15H,2,5-8,10H2,1H3. The van der Waals surface area contributed by atoms with Crippen LogP contribution in [-0.2, 0) is 9.47 Å². The Morgan fingerprint density at radius 3 is 3.00 bits per heavy atom. The van der Waals surface area contributed by atoms with E-state index in [-0.39, 0.29) is 0 Å². The Morgan fingerprint density at radius 2 is 2.16 bits per heavy atom. The zero-order chi connectivity index (χ0) is 13.5. The van der Waals surface area contributed by atoms with Gasteiger partial charge < -0.3 is 24.1 Å². The lowest BCUT2D eigenvalue weighted by molar-refractivity contribution is 0.0644. The van der Waals surface area contributed by atoms with Gasteiger partial charge in [0.1, 0.15) is 24.2 Å². The molecule has 0 saturated carbocycles. The minimum Gasteiger partial charge on any atom is -0.493 e. The molecule has 0 saturated heterocycles. The Kier molecular flexibility index (Phi) is 5.44. The molecule has 0 aliphatic carbocycles. The van der Waals surface area contributed by atoms with Gasteiger partial charge in [0.15, 0.2) is 0 Å². The molecular formula is C14H20O5. The maximum atomic E-state index is 9.60. The summed E-state index contributed by atoms with van der Waals surface area (Å²) in [7, 11) is 1.65. The summed E-state index contributed by atoms with van der Waals surface area (Å²) in [6.07, 6.45) is 0.308. The highest BCUT2D eigenvalue weighted by Crippen LogP contribution is 2.34. The topological polar surface area (TPSA) is 57.2 Å². The van der Waals surface area contributed by atoms with Gasteiger partial charge in [-0.15, -0.1) is 0 Å². The second-order valence-electron chi connectivity index (χ2n) is 4.33. The van der Waals surface area contributed by atoms with E-state index in [0.29, 0.717) is 38.8 Å². The molecule has 5 nitrogen and oxygen atoms in total. The Labute approximate surface area is 113 Å². The summed E-state index contributed by atoms with van der Waals surface area (Å²) < 4.78 is 21.2. The third-order valence-electron chi connectivity index (χ3n) is 2.87. The lowest BCUT2D eigenvalue weighted by Gasteiger charge is -2.08. The molecule has 1 aromatic rings. The van der Waals surface area contributed by atoms with Crippen LogP contribution in [0.1, 0.15) is 18.1 Å². The van der Waals surface area contributed by atoms with Gasteiger partial charge in [-0.1, -0.05) is 0 Å². The van der Waals surface area contributed by atoms with Crippen LogP contribution in [0.15, 0.2) is 18.2 Å². The normalized spacial score (nSPS) is 17.1. The van der Waals surface area contributed by atoms with Gasteiger partial charge in [0.2, 0.25) is 0 Å². The molecule has 2 rings (SSSR count). The van der Waals surface area contributed by atoms with Crippen LogP contribution in [0.2, 0.25) is 0 Å². The first-order chi connectivity index (χ1) is 9.31. The van der Waals surface area contributed by atoms with Crippen molar-refractivity contribution < 1.29 is 24.1 Å². The zero-order valence-corrected chi connectivity index (χ0v) is 11.1. The number of fused-ring (bicyclic) bond motifs is 1. The summed E-state index contributed by atoms with van der Waals surface area (Å²) in [6, 6.07) is 5.51. The fourth-order valence-electron chi connectivity index (χ4n) is 1.86. The fourth-order valence-corrected chi connectivity index (χ4v) is 1.86. The van der Waals surface area contributed by atoms with Crippen molar-refractivity contribution >= 4 is 0 Å². The lowest BCUT2D eigenvalue weighted by Crippen LogP contribution is -2.06. The molecule has 0 amide bonds. The minimum absolute atomic E-state index is 0.326. The SMILES string of the molecule is COCCOCCCOc1ccc2c(c1)OCC2O. The number of benzene rings is 1. The molecule has 1 heterocycles. The number of ether oxygens (including phenoxy) is 4. The van der Waals surface area contributed by atoms with Gasteiger partial charge in [-0.05, 0) is 12.1 Å². The maximum absolute atomic E-state index is 9.60. The summed E-state index contributed by atoms with van der Waals surface area (Å²) >= 11 is 0. The molecule has 0 spiro atoms. The van der Waals surface area contributed by atoms with Crippen molar-refractivity contribution in [3.63, 3.8) is 0 Å². The van der Waals surface area contributed by atoms with Crippen LogP contribution in [0.4, 0.5) is 0 Å². The zero-order valence-electron chi connectivity index (χ0n) is 11.1. The van der Waals surface area contributed by atoms with E-state index >= 15 is 0 Å². The van der Waals surface area contributed by atoms with Gasteiger partial charge >= 0.3 is 0 Å².